The molecule has 2 amide bonds. The molecule has 2 aromatic rings. The Hall–Kier alpha value is -3.53. The third-order valence-electron chi connectivity index (χ3n) is 4.03. The van der Waals surface area contributed by atoms with Crippen LogP contribution in [0.1, 0.15) is 23.6 Å². The van der Waals surface area contributed by atoms with Crippen molar-refractivity contribution in [1.82, 2.24) is 5.32 Å². The molecule has 0 saturated carbocycles. The first-order valence-electron chi connectivity index (χ1n) is 7.62. The molecule has 0 aliphatic carbocycles. The van der Waals surface area contributed by atoms with Gasteiger partial charge in [-0.05, 0) is 31.2 Å². The molecular weight excluding hydrogens is 322 g/mol. The van der Waals surface area contributed by atoms with Gasteiger partial charge in [-0.1, -0.05) is 18.2 Å². The summed E-state index contributed by atoms with van der Waals surface area (Å²) in [4.78, 5) is 24.4. The van der Waals surface area contributed by atoms with Crippen LogP contribution in [0, 0.1) is 11.3 Å². The minimum atomic E-state index is -1.69. The van der Waals surface area contributed by atoms with Gasteiger partial charge in [0.2, 0.25) is 0 Å². The summed E-state index contributed by atoms with van der Waals surface area (Å²) in [5.74, 6) is -0.156. The van der Waals surface area contributed by atoms with Crippen LogP contribution in [0.15, 0.2) is 42.5 Å². The van der Waals surface area contributed by atoms with Crippen molar-refractivity contribution in [1.29, 1.82) is 5.26 Å². The first kappa shape index (κ1) is 16.3. The second kappa shape index (κ2) is 6.17. The number of nitrogens with zero attached hydrogens (tertiary/aromatic N) is 1. The maximum Gasteiger partial charge on any atom is 0.406 e. The minimum Gasteiger partial charge on any atom is -0.493 e. The number of carbonyl (C=O) groups is 2. The monoisotopic (exact) mass is 337 g/mol. The van der Waals surface area contributed by atoms with E-state index in [9.17, 15) is 20.0 Å². The Labute approximate surface area is 143 Å². The van der Waals surface area contributed by atoms with Gasteiger partial charge in [-0.15, -0.1) is 0 Å². The average Bonchev–Trinajstić information content (AvgIpc) is 2.87. The molecule has 7 nitrogen and oxygen atoms in total. The molecule has 1 unspecified atom stereocenters. The van der Waals surface area contributed by atoms with Crippen molar-refractivity contribution in [2.24, 2.45) is 0 Å². The van der Waals surface area contributed by atoms with E-state index >= 15 is 0 Å². The van der Waals surface area contributed by atoms with Crippen LogP contribution in [0.3, 0.4) is 0 Å². The molecule has 0 aromatic heterocycles. The van der Waals surface area contributed by atoms with E-state index < -0.39 is 17.5 Å². The number of benzene rings is 2. The summed E-state index contributed by atoms with van der Waals surface area (Å²) < 4.78 is 5.60. The first-order valence-corrected chi connectivity index (χ1v) is 7.62. The Kier molecular flexibility index (Phi) is 4.03. The Morgan fingerprint density at radius 2 is 2.08 bits per heavy atom. The Morgan fingerprint density at radius 1 is 1.32 bits per heavy atom. The number of rotatable bonds is 4. The van der Waals surface area contributed by atoms with Gasteiger partial charge >= 0.3 is 6.09 Å². The van der Waals surface area contributed by atoms with Gasteiger partial charge in [-0.2, -0.15) is 5.26 Å². The average molecular weight is 337 g/mol. The topological polar surface area (TPSA) is 111 Å². The first-order chi connectivity index (χ1) is 12.0. The summed E-state index contributed by atoms with van der Waals surface area (Å²) in [5.41, 5.74) is -0.193. The van der Waals surface area contributed by atoms with E-state index in [1.165, 1.54) is 6.07 Å². The lowest BCUT2D eigenvalue weighted by molar-refractivity contribution is -0.120. The lowest BCUT2D eigenvalue weighted by atomic mass is 9.82. The number of hydrogen-bond acceptors (Lipinski definition) is 4. The van der Waals surface area contributed by atoms with E-state index in [1.807, 2.05) is 6.07 Å². The highest BCUT2D eigenvalue weighted by Gasteiger charge is 2.51. The van der Waals surface area contributed by atoms with Crippen molar-refractivity contribution in [3.8, 4) is 11.8 Å². The van der Waals surface area contributed by atoms with Gasteiger partial charge in [-0.25, -0.2) is 4.79 Å². The lowest BCUT2D eigenvalue weighted by Crippen LogP contribution is -2.51. The van der Waals surface area contributed by atoms with Gasteiger partial charge in [0.25, 0.3) is 5.91 Å². The van der Waals surface area contributed by atoms with E-state index in [0.29, 0.717) is 34.7 Å². The number of hydrogen-bond donors (Lipinski definition) is 3. The van der Waals surface area contributed by atoms with Crippen molar-refractivity contribution in [2.75, 3.05) is 11.9 Å². The summed E-state index contributed by atoms with van der Waals surface area (Å²) >= 11 is 0. The summed E-state index contributed by atoms with van der Waals surface area (Å²) in [6, 6.07) is 13.4. The van der Waals surface area contributed by atoms with Crippen LogP contribution in [0.2, 0.25) is 0 Å². The molecule has 3 rings (SSSR count). The molecule has 1 atom stereocenters. The molecule has 3 N–H and O–H groups in total. The molecule has 0 radical (unpaired) electrons. The van der Waals surface area contributed by atoms with Crippen molar-refractivity contribution in [3.63, 3.8) is 0 Å². The highest BCUT2D eigenvalue weighted by molar-refractivity contribution is 6.10. The molecule has 0 bridgehead atoms. The number of carboxylic acid groups (broad SMARTS) is 1. The molecule has 2 aromatic carbocycles. The normalized spacial score (nSPS) is 18.0. The fraction of sp³-hybridized carbons (Fsp3) is 0.167. The quantitative estimate of drug-likeness (QED) is 0.793. The molecule has 0 fully saturated rings. The van der Waals surface area contributed by atoms with Gasteiger partial charge < -0.3 is 15.2 Å². The number of nitrogens with one attached hydrogen (secondary N) is 2. The second-order valence-corrected chi connectivity index (χ2v) is 5.44. The summed E-state index contributed by atoms with van der Waals surface area (Å²) in [7, 11) is 0. The van der Waals surface area contributed by atoms with Crippen molar-refractivity contribution >= 4 is 17.7 Å². The van der Waals surface area contributed by atoms with Crippen LogP contribution in [-0.2, 0) is 10.3 Å². The van der Waals surface area contributed by atoms with E-state index in [4.69, 9.17) is 4.74 Å². The second-order valence-electron chi connectivity index (χ2n) is 5.44. The summed E-state index contributed by atoms with van der Waals surface area (Å²) in [6.07, 6.45) is -1.36. The smallest absolute Gasteiger partial charge is 0.406 e. The standard InChI is InChI=1S/C18H15N3O4/c1-2-25-15-6-4-3-5-12(15)18(21-17(23)24)13-9-11(10-19)7-8-14(13)20-16(18)22/h3-9,21H,2H2,1H3,(H,20,22)(H,23,24). The van der Waals surface area contributed by atoms with Gasteiger partial charge in [0.15, 0.2) is 5.54 Å². The highest BCUT2D eigenvalue weighted by atomic mass is 16.5. The molecule has 25 heavy (non-hydrogen) atoms. The number of amides is 2. The van der Waals surface area contributed by atoms with E-state index in [-0.39, 0.29) is 0 Å². The molecule has 0 spiro atoms. The van der Waals surface area contributed by atoms with Crippen LogP contribution < -0.4 is 15.4 Å². The maximum atomic E-state index is 12.9. The zero-order valence-corrected chi connectivity index (χ0v) is 13.4. The third kappa shape index (κ3) is 2.54. The molecule has 0 saturated heterocycles. The van der Waals surface area contributed by atoms with Crippen LogP contribution >= 0.6 is 0 Å². The van der Waals surface area contributed by atoms with E-state index in [1.54, 1.807) is 43.3 Å². The SMILES string of the molecule is CCOc1ccccc1C1(NC(=O)O)C(=O)Nc2ccc(C#N)cc21. The number of ether oxygens (including phenoxy) is 1. The van der Waals surface area contributed by atoms with Crippen LogP contribution in [0.4, 0.5) is 10.5 Å². The molecule has 7 heteroatoms. The van der Waals surface area contributed by atoms with Crippen molar-refractivity contribution in [2.45, 2.75) is 12.5 Å². The minimum absolute atomic E-state index is 0.320. The molecular formula is C18H15N3O4. The van der Waals surface area contributed by atoms with Crippen molar-refractivity contribution in [3.05, 3.63) is 59.2 Å². The molecule has 1 aliphatic heterocycles. The fourth-order valence-electron chi connectivity index (χ4n) is 3.05. The Morgan fingerprint density at radius 3 is 2.76 bits per heavy atom. The van der Waals surface area contributed by atoms with Gasteiger partial charge in [0, 0.05) is 16.8 Å². The third-order valence-corrected chi connectivity index (χ3v) is 4.03. The molecule has 1 aliphatic rings. The fourth-order valence-corrected chi connectivity index (χ4v) is 3.05. The van der Waals surface area contributed by atoms with Crippen molar-refractivity contribution < 1.29 is 19.4 Å². The Balaban J connectivity index is 2.32. The summed E-state index contributed by atoms with van der Waals surface area (Å²) in [6.45, 7) is 2.15. The van der Waals surface area contributed by atoms with Gasteiger partial charge in [0.05, 0.1) is 18.2 Å². The zero-order valence-electron chi connectivity index (χ0n) is 13.4. The predicted molar refractivity (Wildman–Crippen MR) is 89.3 cm³/mol. The zero-order chi connectivity index (χ0) is 18.0. The van der Waals surface area contributed by atoms with Crippen LogP contribution in [0.5, 0.6) is 5.75 Å². The lowest BCUT2D eigenvalue weighted by Gasteiger charge is -2.29. The molecule has 126 valence electrons. The highest BCUT2D eigenvalue weighted by Crippen LogP contribution is 2.44. The van der Waals surface area contributed by atoms with E-state index in [0.717, 1.165) is 0 Å². The van der Waals surface area contributed by atoms with Crippen LogP contribution in [0.25, 0.3) is 0 Å². The Bertz CT molecular complexity index is 903. The number of carbonyl (C=O) groups excluding carboxylic acids is 1. The van der Waals surface area contributed by atoms with Gasteiger partial charge in [0.1, 0.15) is 5.75 Å². The largest absolute Gasteiger partial charge is 0.493 e. The number of anilines is 1. The number of fused-ring (bicyclic) bond motifs is 1. The van der Waals surface area contributed by atoms with E-state index in [2.05, 4.69) is 10.6 Å². The number of para-hydroxylation sites is 1. The van der Waals surface area contributed by atoms with Crippen LogP contribution in [-0.4, -0.2) is 23.7 Å². The number of nitriles is 1. The maximum absolute atomic E-state index is 12.9. The summed E-state index contributed by atoms with van der Waals surface area (Å²) in [5, 5.41) is 23.6. The molecule has 1 heterocycles. The predicted octanol–water partition coefficient (Wildman–Crippen LogP) is 2.42. The van der Waals surface area contributed by atoms with Gasteiger partial charge in [-0.3, -0.25) is 10.1 Å².